The first kappa shape index (κ1) is 15.9. The first-order valence-electron chi connectivity index (χ1n) is 7.88. The van der Waals surface area contributed by atoms with Gasteiger partial charge in [-0.2, -0.15) is 0 Å². The highest BCUT2D eigenvalue weighted by Gasteiger charge is 2.43. The summed E-state index contributed by atoms with van der Waals surface area (Å²) in [4.78, 5) is 5.29. The fraction of sp³-hybridized carbons (Fsp3) is 1.00. The Kier molecular flexibility index (Phi) is 7.20. The summed E-state index contributed by atoms with van der Waals surface area (Å²) < 4.78 is 5.42. The fourth-order valence-electron chi connectivity index (χ4n) is 3.36. The average molecular weight is 256 g/mol. The number of nitrogens with zero attached hydrogens (tertiary/aromatic N) is 2. The molecule has 3 nitrogen and oxygen atoms in total. The smallest absolute Gasteiger partial charge is 0.0480 e. The van der Waals surface area contributed by atoms with Crippen molar-refractivity contribution in [2.24, 2.45) is 0 Å². The molecule has 0 N–H and O–H groups in total. The highest BCUT2D eigenvalue weighted by molar-refractivity contribution is 5.00. The van der Waals surface area contributed by atoms with Crippen molar-refractivity contribution < 1.29 is 4.74 Å². The monoisotopic (exact) mass is 256 g/mol. The van der Waals surface area contributed by atoms with Crippen LogP contribution in [0.3, 0.4) is 0 Å². The highest BCUT2D eigenvalue weighted by atomic mass is 16.5. The van der Waals surface area contributed by atoms with E-state index in [4.69, 9.17) is 4.74 Å². The minimum atomic E-state index is 0.826. The largest absolute Gasteiger partial charge is 0.381 e. The quantitative estimate of drug-likeness (QED) is 0.717. The van der Waals surface area contributed by atoms with Crippen LogP contribution in [-0.2, 0) is 4.74 Å². The Morgan fingerprint density at radius 2 is 1.44 bits per heavy atom. The van der Waals surface area contributed by atoms with E-state index in [-0.39, 0.29) is 0 Å². The van der Waals surface area contributed by atoms with Crippen LogP contribution in [0.25, 0.3) is 0 Å². The molecule has 0 spiro atoms. The molecule has 2 atom stereocenters. The number of ether oxygens (including phenoxy) is 1. The number of likely N-dealkylation sites (tertiary alicyclic amines) is 2. The number of piperazine rings is 1. The minimum Gasteiger partial charge on any atom is -0.381 e. The maximum atomic E-state index is 5.42. The molecule has 0 aromatic heterocycles. The van der Waals surface area contributed by atoms with Gasteiger partial charge in [0.05, 0.1) is 0 Å². The van der Waals surface area contributed by atoms with E-state index in [0.29, 0.717) is 0 Å². The third-order valence-electron chi connectivity index (χ3n) is 4.22. The van der Waals surface area contributed by atoms with Crippen LogP contribution in [0.4, 0.5) is 0 Å². The molecule has 2 unspecified atom stereocenters. The summed E-state index contributed by atoms with van der Waals surface area (Å²) in [5, 5.41) is 0. The van der Waals surface area contributed by atoms with E-state index in [1.165, 1.54) is 32.4 Å². The second-order valence-electron chi connectivity index (χ2n) is 5.02. The Hall–Kier alpha value is -0.120. The zero-order valence-electron chi connectivity index (χ0n) is 13.0. The summed E-state index contributed by atoms with van der Waals surface area (Å²) in [6.07, 6.45) is 3.92. The van der Waals surface area contributed by atoms with Crippen molar-refractivity contribution in [2.75, 3.05) is 33.4 Å². The second kappa shape index (κ2) is 8.13. The Labute approximate surface area is 113 Å². The maximum absolute atomic E-state index is 5.42. The first-order chi connectivity index (χ1) is 8.84. The molecule has 3 rings (SSSR count). The molecule has 0 saturated carbocycles. The van der Waals surface area contributed by atoms with Gasteiger partial charge < -0.3 is 9.64 Å². The number of hydrogen-bond acceptors (Lipinski definition) is 3. The van der Waals surface area contributed by atoms with Crippen molar-refractivity contribution in [2.45, 2.75) is 65.1 Å². The van der Waals surface area contributed by atoms with Gasteiger partial charge in [0.15, 0.2) is 0 Å². The van der Waals surface area contributed by atoms with Gasteiger partial charge in [-0.15, -0.1) is 0 Å². The average Bonchev–Trinajstić information content (AvgIpc) is 3.03. The molecule has 3 aliphatic rings. The van der Waals surface area contributed by atoms with Crippen LogP contribution in [0, 0.1) is 0 Å². The van der Waals surface area contributed by atoms with Gasteiger partial charge in [-0.3, -0.25) is 4.90 Å². The van der Waals surface area contributed by atoms with Crippen molar-refractivity contribution in [3.63, 3.8) is 0 Å². The van der Waals surface area contributed by atoms with Gasteiger partial charge in [-0.25, -0.2) is 0 Å². The zero-order chi connectivity index (χ0) is 13.5. The summed E-state index contributed by atoms with van der Waals surface area (Å²) in [6, 6.07) is 2.53. The van der Waals surface area contributed by atoms with Gasteiger partial charge in [-0.05, 0) is 26.3 Å². The van der Waals surface area contributed by atoms with Crippen LogP contribution in [0.2, 0.25) is 0 Å². The Morgan fingerprint density at radius 1 is 0.833 bits per heavy atom. The third kappa shape index (κ3) is 3.46. The molecule has 2 bridgehead atoms. The molecule has 3 heterocycles. The topological polar surface area (TPSA) is 15.7 Å². The summed E-state index contributed by atoms with van der Waals surface area (Å²) in [5.41, 5.74) is 0. The van der Waals surface area contributed by atoms with Gasteiger partial charge in [0.1, 0.15) is 0 Å². The number of likely N-dealkylation sites (N-methyl/N-ethyl adjacent to an activating group) is 1. The van der Waals surface area contributed by atoms with E-state index in [0.717, 1.165) is 31.3 Å². The summed E-state index contributed by atoms with van der Waals surface area (Å²) in [6.45, 7) is 12.6. The SMILES string of the molecule is CC.CC.CN1CC2CC1CN2C1CCOCC1. The van der Waals surface area contributed by atoms with Crippen LogP contribution < -0.4 is 0 Å². The molecular formula is C15H32N2O. The Balaban J connectivity index is 0.000000371. The van der Waals surface area contributed by atoms with E-state index in [1.807, 2.05) is 27.7 Å². The van der Waals surface area contributed by atoms with Crippen molar-refractivity contribution in [1.29, 1.82) is 0 Å². The summed E-state index contributed by atoms with van der Waals surface area (Å²) >= 11 is 0. The molecule has 0 radical (unpaired) electrons. The van der Waals surface area contributed by atoms with E-state index >= 15 is 0 Å². The summed E-state index contributed by atoms with van der Waals surface area (Å²) in [7, 11) is 2.27. The molecule has 0 aromatic rings. The standard InChI is InChI=1S/C11H20N2O.2C2H6/c1-12-7-11-6-10(12)8-13(11)9-2-4-14-5-3-9;2*1-2/h9-11H,2-8H2,1H3;2*1-2H3. The zero-order valence-corrected chi connectivity index (χ0v) is 13.0. The lowest BCUT2D eigenvalue weighted by atomic mass is 10.1. The molecule has 3 heteroatoms. The van der Waals surface area contributed by atoms with Crippen molar-refractivity contribution in [1.82, 2.24) is 9.80 Å². The van der Waals surface area contributed by atoms with E-state index in [9.17, 15) is 0 Å². The molecule has 108 valence electrons. The third-order valence-corrected chi connectivity index (χ3v) is 4.22. The van der Waals surface area contributed by atoms with Crippen LogP contribution in [0.5, 0.6) is 0 Å². The Morgan fingerprint density at radius 3 is 1.89 bits per heavy atom. The van der Waals surface area contributed by atoms with Crippen LogP contribution in [0.1, 0.15) is 47.0 Å². The molecule has 3 saturated heterocycles. The van der Waals surface area contributed by atoms with E-state index < -0.39 is 0 Å². The highest BCUT2D eigenvalue weighted by Crippen LogP contribution is 2.33. The molecule has 0 aromatic carbocycles. The molecule has 3 fully saturated rings. The van der Waals surface area contributed by atoms with Gasteiger partial charge in [0.2, 0.25) is 0 Å². The van der Waals surface area contributed by atoms with Gasteiger partial charge >= 0.3 is 0 Å². The first-order valence-corrected chi connectivity index (χ1v) is 7.88. The lowest BCUT2D eigenvalue weighted by molar-refractivity contribution is 0.0141. The molecular weight excluding hydrogens is 224 g/mol. The van der Waals surface area contributed by atoms with Crippen LogP contribution in [0.15, 0.2) is 0 Å². The predicted octanol–water partition coefficient (Wildman–Crippen LogP) is 2.61. The van der Waals surface area contributed by atoms with Gasteiger partial charge in [0.25, 0.3) is 0 Å². The van der Waals surface area contributed by atoms with E-state index in [2.05, 4.69) is 16.8 Å². The number of fused-ring (bicyclic) bond motifs is 2. The van der Waals surface area contributed by atoms with Gasteiger partial charge in [-0.1, -0.05) is 27.7 Å². The minimum absolute atomic E-state index is 0.826. The molecule has 3 aliphatic heterocycles. The normalized spacial score (nSPS) is 32.5. The fourth-order valence-corrected chi connectivity index (χ4v) is 3.36. The molecule has 0 amide bonds. The van der Waals surface area contributed by atoms with Crippen molar-refractivity contribution in [3.05, 3.63) is 0 Å². The lowest BCUT2D eigenvalue weighted by Gasteiger charge is -2.39. The number of hydrogen-bond donors (Lipinski definition) is 0. The van der Waals surface area contributed by atoms with Crippen molar-refractivity contribution >= 4 is 0 Å². The predicted molar refractivity (Wildman–Crippen MR) is 78.1 cm³/mol. The lowest BCUT2D eigenvalue weighted by Crippen LogP contribution is -2.50. The Bertz CT molecular complexity index is 215. The summed E-state index contributed by atoms with van der Waals surface area (Å²) in [5.74, 6) is 0. The maximum Gasteiger partial charge on any atom is 0.0480 e. The van der Waals surface area contributed by atoms with Gasteiger partial charge in [0, 0.05) is 44.4 Å². The molecule has 18 heavy (non-hydrogen) atoms. The second-order valence-corrected chi connectivity index (χ2v) is 5.02. The van der Waals surface area contributed by atoms with Crippen LogP contribution >= 0.6 is 0 Å². The van der Waals surface area contributed by atoms with Crippen molar-refractivity contribution in [3.8, 4) is 0 Å². The van der Waals surface area contributed by atoms with E-state index in [1.54, 1.807) is 0 Å². The van der Waals surface area contributed by atoms with Crippen LogP contribution in [-0.4, -0.2) is 61.3 Å². The number of rotatable bonds is 1. The molecule has 0 aliphatic carbocycles.